The molecule has 2 aromatic heterocycles. The number of thiazole rings is 1. The van der Waals surface area contributed by atoms with Gasteiger partial charge in [0.15, 0.2) is 5.78 Å². The van der Waals surface area contributed by atoms with E-state index in [1.807, 2.05) is 24.3 Å². The Morgan fingerprint density at radius 2 is 1.84 bits per heavy atom. The van der Waals surface area contributed by atoms with Crippen LogP contribution in [0.2, 0.25) is 0 Å². The average molecular weight is 791 g/mol. The van der Waals surface area contributed by atoms with E-state index in [9.17, 15) is 22.8 Å². The van der Waals surface area contributed by atoms with Gasteiger partial charge in [0.2, 0.25) is 21.8 Å². The predicted molar refractivity (Wildman–Crippen MR) is 212 cm³/mol. The molecule has 2 aliphatic heterocycles. The summed E-state index contributed by atoms with van der Waals surface area (Å²) in [6.45, 7) is 5.92. The molecule has 4 fully saturated rings. The van der Waals surface area contributed by atoms with Crippen LogP contribution in [-0.4, -0.2) is 74.9 Å². The summed E-state index contributed by atoms with van der Waals surface area (Å²) in [5.41, 5.74) is 9.11. The second-order valence-corrected chi connectivity index (χ2v) is 20.3. The smallest absolute Gasteiger partial charge is 0.297 e. The number of carbonyl (C=O) groups excluding carboxylic acids is 3. The zero-order chi connectivity index (χ0) is 38.7. The lowest BCUT2D eigenvalue weighted by atomic mass is 9.91. The highest BCUT2D eigenvalue weighted by atomic mass is 32.2. The molecule has 0 spiro atoms. The van der Waals surface area contributed by atoms with Crippen molar-refractivity contribution in [2.24, 2.45) is 17.1 Å². The first-order valence-corrected chi connectivity index (χ1v) is 22.6. The van der Waals surface area contributed by atoms with Crippen LogP contribution in [0.5, 0.6) is 6.01 Å². The minimum atomic E-state index is -3.90. The molecule has 5 aliphatic rings. The number of sulfonamides is 1. The number of hydrogen-bond acceptors (Lipinski definition) is 10. The maximum atomic E-state index is 14.4. The number of ether oxygens (including phenoxy) is 1. The summed E-state index contributed by atoms with van der Waals surface area (Å²) in [5.74, 6) is -0.991. The number of Topliss-reactive ketones (excluding diaryl/α,β-unsaturated/α-hetero) is 1. The Labute approximate surface area is 327 Å². The van der Waals surface area contributed by atoms with Crippen LogP contribution >= 0.6 is 11.3 Å². The van der Waals surface area contributed by atoms with Crippen molar-refractivity contribution in [2.45, 2.75) is 146 Å². The Bertz CT molecular complexity index is 2110. The van der Waals surface area contributed by atoms with E-state index in [2.05, 4.69) is 34.6 Å². The maximum Gasteiger partial charge on any atom is 0.297 e. The number of aromatic nitrogens is 3. The van der Waals surface area contributed by atoms with Gasteiger partial charge in [0, 0.05) is 35.7 Å². The predicted octanol–water partition coefficient (Wildman–Crippen LogP) is 6.56. The molecule has 3 aromatic rings. The number of nitrogens with one attached hydrogen (secondary N) is 1. The van der Waals surface area contributed by atoms with E-state index < -0.39 is 44.3 Å². The van der Waals surface area contributed by atoms with Crippen LogP contribution in [0.3, 0.4) is 0 Å². The maximum absolute atomic E-state index is 14.4. The SMILES string of the molecule is CC(C)n1c(O[C@@H]2C[C@H]3C(=O)C[C@]4(C(=O)NS(=O)(=O)C5(C)CC5)C[C@H]4/C=C\CCCCC[C@H](N)C(=O)N3C2)nc2c(-c3nc(C4CCCC4)cs3)cccc21. The molecule has 3 aliphatic carbocycles. The highest BCUT2D eigenvalue weighted by molar-refractivity contribution is 7.91. The first-order chi connectivity index (χ1) is 26.3. The normalized spacial score (nSPS) is 29.4. The number of fused-ring (bicyclic) bond motifs is 3. The molecule has 3 saturated carbocycles. The van der Waals surface area contributed by atoms with Gasteiger partial charge in [0.25, 0.3) is 6.01 Å². The van der Waals surface area contributed by atoms with Gasteiger partial charge < -0.3 is 15.4 Å². The van der Waals surface area contributed by atoms with Crippen molar-refractivity contribution in [1.29, 1.82) is 0 Å². The highest BCUT2D eigenvalue weighted by Crippen LogP contribution is 2.57. The molecule has 0 radical (unpaired) electrons. The molecule has 14 heteroatoms. The number of ketones is 1. The molecule has 2 amide bonds. The molecule has 12 nitrogen and oxygen atoms in total. The second kappa shape index (κ2) is 14.7. The van der Waals surface area contributed by atoms with E-state index in [1.54, 1.807) is 23.2 Å². The van der Waals surface area contributed by atoms with E-state index in [0.29, 0.717) is 37.6 Å². The summed E-state index contributed by atoms with van der Waals surface area (Å²) < 4.78 is 36.5. The molecule has 4 heterocycles. The molecule has 3 N–H and O–H groups in total. The fourth-order valence-electron chi connectivity index (χ4n) is 9.00. The van der Waals surface area contributed by atoms with Crippen LogP contribution in [0.15, 0.2) is 35.7 Å². The van der Waals surface area contributed by atoms with Crippen LogP contribution in [0, 0.1) is 11.3 Å². The van der Waals surface area contributed by atoms with E-state index in [4.69, 9.17) is 20.4 Å². The third-order valence-electron chi connectivity index (χ3n) is 12.9. The Balaban J connectivity index is 1.08. The minimum absolute atomic E-state index is 0.00320. The van der Waals surface area contributed by atoms with Crippen molar-refractivity contribution >= 4 is 50.0 Å². The Kier molecular flexibility index (Phi) is 10.2. The van der Waals surface area contributed by atoms with Gasteiger partial charge in [-0.25, -0.2) is 13.4 Å². The largest absolute Gasteiger partial charge is 0.459 e. The third-order valence-corrected chi connectivity index (χ3v) is 16.0. The molecular formula is C41H54N6O6S2. The number of allylic oxidation sites excluding steroid dienone is 2. The summed E-state index contributed by atoms with van der Waals surface area (Å²) >= 11 is 1.64. The number of benzene rings is 1. The molecule has 55 heavy (non-hydrogen) atoms. The first-order valence-electron chi connectivity index (χ1n) is 20.3. The molecule has 0 bridgehead atoms. The summed E-state index contributed by atoms with van der Waals surface area (Å²) in [6, 6.07) is 4.85. The number of nitrogens with zero attached hydrogens (tertiary/aromatic N) is 4. The standard InChI is InChI=1S/C41H54N6O6S2/c1-25(2)47-32-17-11-15-29(36-43-31(24-54-36)26-12-9-10-13-26)35(32)44-39(47)53-28-20-33-34(48)22-41(38(50)45-55(51,52)40(3)18-19-40)21-27(41)14-7-5-4-6-8-16-30(42)37(49)46(33)23-28/h7,11,14-15,17,24-28,30,33H,4-6,8-10,12-13,16,18-23,42H2,1-3H3,(H,45,50)/b14-7-/t27-,28-,30+,33+,41-/m1/s1. The van der Waals surface area contributed by atoms with Crippen molar-refractivity contribution in [3.8, 4) is 16.6 Å². The van der Waals surface area contributed by atoms with Gasteiger partial charge in [-0.3, -0.25) is 23.7 Å². The van der Waals surface area contributed by atoms with Gasteiger partial charge in [-0.2, -0.15) is 4.98 Å². The van der Waals surface area contributed by atoms with Gasteiger partial charge in [0.1, 0.15) is 16.6 Å². The Morgan fingerprint density at radius 3 is 2.58 bits per heavy atom. The summed E-state index contributed by atoms with van der Waals surface area (Å²) in [4.78, 5) is 54.0. The Morgan fingerprint density at radius 1 is 1.07 bits per heavy atom. The van der Waals surface area contributed by atoms with E-state index >= 15 is 0 Å². The number of para-hydroxylation sites is 1. The average Bonchev–Trinajstić information content (AvgIpc) is 3.65. The van der Waals surface area contributed by atoms with Gasteiger partial charge >= 0.3 is 0 Å². The topological polar surface area (TPSA) is 167 Å². The van der Waals surface area contributed by atoms with Crippen LogP contribution in [0.1, 0.15) is 128 Å². The molecule has 5 atom stereocenters. The monoisotopic (exact) mass is 790 g/mol. The van der Waals surface area contributed by atoms with Crippen molar-refractivity contribution < 1.29 is 27.5 Å². The minimum Gasteiger partial charge on any atom is -0.459 e. The van der Waals surface area contributed by atoms with Crippen LogP contribution in [-0.2, 0) is 24.4 Å². The van der Waals surface area contributed by atoms with E-state index in [0.717, 1.165) is 53.0 Å². The number of imidazole rings is 1. The van der Waals surface area contributed by atoms with Gasteiger partial charge in [-0.1, -0.05) is 43.9 Å². The number of carbonyl (C=O) groups is 3. The zero-order valence-corrected chi connectivity index (χ0v) is 33.8. The van der Waals surface area contributed by atoms with Crippen LogP contribution < -0.4 is 15.2 Å². The fourth-order valence-corrected chi connectivity index (χ4v) is 11.3. The van der Waals surface area contributed by atoms with Crippen molar-refractivity contribution in [3.63, 3.8) is 0 Å². The lowest BCUT2D eigenvalue weighted by molar-refractivity contribution is -0.140. The van der Waals surface area contributed by atoms with Gasteiger partial charge in [-0.05, 0) is 90.2 Å². The van der Waals surface area contributed by atoms with E-state index in [-0.39, 0.29) is 43.0 Å². The summed E-state index contributed by atoms with van der Waals surface area (Å²) in [6.07, 6.45) is 13.5. The molecule has 296 valence electrons. The lowest BCUT2D eigenvalue weighted by Gasteiger charge is -2.27. The third kappa shape index (κ3) is 7.27. The van der Waals surface area contributed by atoms with Crippen LogP contribution in [0.25, 0.3) is 21.6 Å². The number of hydrogen-bond donors (Lipinski definition) is 2. The first kappa shape index (κ1) is 38.3. The molecule has 1 saturated heterocycles. The van der Waals surface area contributed by atoms with Gasteiger partial charge in [-0.15, -0.1) is 11.3 Å². The zero-order valence-electron chi connectivity index (χ0n) is 32.2. The number of nitrogens with two attached hydrogens (primary N) is 1. The van der Waals surface area contributed by atoms with Crippen LogP contribution in [0.4, 0.5) is 0 Å². The van der Waals surface area contributed by atoms with Gasteiger partial charge in [0.05, 0.1) is 40.0 Å². The molecule has 1 aromatic carbocycles. The summed E-state index contributed by atoms with van der Waals surface area (Å²) in [7, 11) is -3.90. The fraction of sp³-hybridized carbons (Fsp3) is 0.634. The highest BCUT2D eigenvalue weighted by Gasteiger charge is 2.62. The Hall–Kier alpha value is -3.62. The van der Waals surface area contributed by atoms with Crippen molar-refractivity contribution in [2.75, 3.05) is 6.54 Å². The molecule has 0 unspecified atom stereocenters. The van der Waals surface area contributed by atoms with Crippen molar-refractivity contribution in [3.05, 3.63) is 41.4 Å². The molecule has 8 rings (SSSR count). The quantitative estimate of drug-likeness (QED) is 0.241. The summed E-state index contributed by atoms with van der Waals surface area (Å²) in [5, 5.41) is 3.11. The lowest BCUT2D eigenvalue weighted by Crippen LogP contribution is -2.50. The van der Waals surface area contributed by atoms with Crippen molar-refractivity contribution in [1.82, 2.24) is 24.2 Å². The number of rotatable bonds is 8. The van der Waals surface area contributed by atoms with E-state index in [1.165, 1.54) is 25.7 Å². The number of amides is 2. The second-order valence-electron chi connectivity index (χ2n) is 17.2. The molecular weight excluding hydrogens is 737 g/mol.